The van der Waals surface area contributed by atoms with Crippen molar-refractivity contribution >= 4 is 0 Å². The van der Waals surface area contributed by atoms with E-state index in [2.05, 4.69) is 0 Å². The highest BCUT2D eigenvalue weighted by atomic mass is 19.3. The third-order valence-corrected chi connectivity index (χ3v) is 2.71. The molecule has 2 heterocycles. The summed E-state index contributed by atoms with van der Waals surface area (Å²) in [5.41, 5.74) is 0. The number of piperidine rings is 1. The minimum atomic E-state index is -2.27. The van der Waals surface area contributed by atoms with Crippen molar-refractivity contribution < 1.29 is 18.3 Å². The van der Waals surface area contributed by atoms with Gasteiger partial charge in [0.15, 0.2) is 5.79 Å². The Labute approximate surface area is 82.0 Å². The molecule has 2 rings (SSSR count). The number of hydrogen-bond donors (Lipinski definition) is 0. The number of rotatable bonds is 2. The molecule has 0 aromatic heterocycles. The molecule has 2 fully saturated rings. The molecule has 0 unspecified atom stereocenters. The maximum atomic E-state index is 12.2. The number of alkyl halides is 2. The highest BCUT2D eigenvalue weighted by molar-refractivity contribution is 4.83. The third kappa shape index (κ3) is 2.21. The second-order valence-corrected chi connectivity index (χ2v) is 3.84. The molecule has 0 aliphatic carbocycles. The van der Waals surface area contributed by atoms with E-state index in [1.807, 2.05) is 0 Å². The molecule has 0 aromatic carbocycles. The van der Waals surface area contributed by atoms with Crippen LogP contribution in [0.3, 0.4) is 0 Å². The second kappa shape index (κ2) is 4.08. The quantitative estimate of drug-likeness (QED) is 0.676. The van der Waals surface area contributed by atoms with Crippen LogP contribution in [0.2, 0.25) is 0 Å². The molecular formula is C9H15F2NO2. The Bertz CT molecular complexity index is 195. The molecule has 2 saturated heterocycles. The number of nitrogens with zero attached hydrogens (tertiary/aromatic N) is 1. The molecule has 2 aliphatic rings. The molecule has 2 aliphatic heterocycles. The Morgan fingerprint density at radius 1 is 1.29 bits per heavy atom. The summed E-state index contributed by atoms with van der Waals surface area (Å²) in [6, 6.07) is 0. The molecule has 5 heteroatoms. The fourth-order valence-corrected chi connectivity index (χ4v) is 2.15. The minimum absolute atomic E-state index is 0.172. The molecule has 0 atom stereocenters. The van der Waals surface area contributed by atoms with E-state index in [1.165, 1.54) is 0 Å². The largest absolute Gasteiger partial charge is 0.346 e. The van der Waals surface area contributed by atoms with Crippen molar-refractivity contribution in [2.24, 2.45) is 0 Å². The van der Waals surface area contributed by atoms with Gasteiger partial charge in [0, 0.05) is 6.42 Å². The zero-order valence-corrected chi connectivity index (χ0v) is 8.05. The van der Waals surface area contributed by atoms with Gasteiger partial charge in [0.2, 0.25) is 0 Å². The van der Waals surface area contributed by atoms with Crippen LogP contribution in [0.15, 0.2) is 0 Å². The van der Waals surface area contributed by atoms with Crippen LogP contribution in [0.25, 0.3) is 0 Å². The first-order chi connectivity index (χ1) is 6.70. The third-order valence-electron chi connectivity index (χ3n) is 2.71. The Hall–Kier alpha value is -0.260. The van der Waals surface area contributed by atoms with Crippen LogP contribution >= 0.6 is 0 Å². The van der Waals surface area contributed by atoms with Crippen molar-refractivity contribution in [3.05, 3.63) is 0 Å². The molecule has 14 heavy (non-hydrogen) atoms. The SMILES string of the molecule is FC(F)CN1CCCC2(C1)OCCO2. The minimum Gasteiger partial charge on any atom is -0.346 e. The van der Waals surface area contributed by atoms with Crippen molar-refractivity contribution in [2.45, 2.75) is 25.1 Å². The first kappa shape index (κ1) is 10.3. The molecule has 0 radical (unpaired) electrons. The standard InChI is InChI=1S/C9H15F2NO2/c10-8(11)6-12-3-1-2-9(7-12)13-4-5-14-9/h8H,1-7H2. The summed E-state index contributed by atoms with van der Waals surface area (Å²) in [5, 5.41) is 0. The van der Waals surface area contributed by atoms with Crippen molar-refractivity contribution in [3.63, 3.8) is 0 Å². The summed E-state index contributed by atoms with van der Waals surface area (Å²) in [5.74, 6) is -0.576. The van der Waals surface area contributed by atoms with Crippen LogP contribution in [0, 0.1) is 0 Å². The summed E-state index contributed by atoms with van der Waals surface area (Å²) in [6.07, 6.45) is -0.578. The van der Waals surface area contributed by atoms with Gasteiger partial charge >= 0.3 is 0 Å². The summed E-state index contributed by atoms with van der Waals surface area (Å²) in [7, 11) is 0. The van der Waals surface area contributed by atoms with Gasteiger partial charge in [-0.05, 0) is 13.0 Å². The Kier molecular flexibility index (Phi) is 2.99. The topological polar surface area (TPSA) is 21.7 Å². The van der Waals surface area contributed by atoms with Crippen molar-refractivity contribution in [2.75, 3.05) is 32.8 Å². The fourth-order valence-electron chi connectivity index (χ4n) is 2.15. The van der Waals surface area contributed by atoms with Crippen molar-refractivity contribution in [3.8, 4) is 0 Å². The second-order valence-electron chi connectivity index (χ2n) is 3.84. The van der Waals surface area contributed by atoms with Gasteiger partial charge in [-0.1, -0.05) is 0 Å². The number of ether oxygens (including phenoxy) is 2. The van der Waals surface area contributed by atoms with E-state index in [4.69, 9.17) is 9.47 Å². The first-order valence-electron chi connectivity index (χ1n) is 4.99. The van der Waals surface area contributed by atoms with E-state index in [1.54, 1.807) is 4.90 Å². The number of halogens is 2. The average molecular weight is 207 g/mol. The highest BCUT2D eigenvalue weighted by Gasteiger charge is 2.40. The van der Waals surface area contributed by atoms with E-state index in [9.17, 15) is 8.78 Å². The van der Waals surface area contributed by atoms with E-state index in [0.717, 1.165) is 19.4 Å². The lowest BCUT2D eigenvalue weighted by molar-refractivity contribution is -0.191. The Balaban J connectivity index is 1.90. The lowest BCUT2D eigenvalue weighted by Crippen LogP contribution is -2.50. The lowest BCUT2D eigenvalue weighted by Gasteiger charge is -2.38. The number of hydrogen-bond acceptors (Lipinski definition) is 3. The summed E-state index contributed by atoms with van der Waals surface area (Å²) >= 11 is 0. The number of likely N-dealkylation sites (tertiary alicyclic amines) is 1. The first-order valence-corrected chi connectivity index (χ1v) is 4.99. The van der Waals surface area contributed by atoms with Crippen LogP contribution in [-0.4, -0.2) is 50.0 Å². The average Bonchev–Trinajstić information content (AvgIpc) is 2.52. The monoisotopic (exact) mass is 207 g/mol. The van der Waals surface area contributed by atoms with Gasteiger partial charge in [-0.25, -0.2) is 8.78 Å². The van der Waals surface area contributed by atoms with Gasteiger partial charge in [0.1, 0.15) is 0 Å². The summed E-state index contributed by atoms with van der Waals surface area (Å²) in [6.45, 7) is 2.20. The highest BCUT2D eigenvalue weighted by Crippen LogP contribution is 2.30. The van der Waals surface area contributed by atoms with Gasteiger partial charge in [-0.2, -0.15) is 0 Å². The van der Waals surface area contributed by atoms with E-state index in [-0.39, 0.29) is 6.54 Å². The van der Waals surface area contributed by atoms with Crippen LogP contribution in [-0.2, 0) is 9.47 Å². The zero-order chi connectivity index (χ0) is 10.0. The molecule has 1 spiro atoms. The molecule has 3 nitrogen and oxygen atoms in total. The van der Waals surface area contributed by atoms with Crippen LogP contribution < -0.4 is 0 Å². The molecule has 0 bridgehead atoms. The van der Waals surface area contributed by atoms with Gasteiger partial charge in [-0.3, -0.25) is 4.90 Å². The maximum Gasteiger partial charge on any atom is 0.251 e. The van der Waals surface area contributed by atoms with Gasteiger partial charge in [-0.15, -0.1) is 0 Å². The summed E-state index contributed by atoms with van der Waals surface area (Å²) < 4.78 is 35.3. The fraction of sp³-hybridized carbons (Fsp3) is 1.00. The Morgan fingerprint density at radius 2 is 2.00 bits per heavy atom. The smallest absolute Gasteiger partial charge is 0.251 e. The van der Waals surface area contributed by atoms with Crippen molar-refractivity contribution in [1.29, 1.82) is 0 Å². The molecule has 0 amide bonds. The molecule has 0 saturated carbocycles. The normalized spacial score (nSPS) is 27.6. The molecule has 0 aromatic rings. The predicted octanol–water partition coefficient (Wildman–Crippen LogP) is 1.09. The lowest BCUT2D eigenvalue weighted by atomic mass is 10.0. The predicted molar refractivity (Wildman–Crippen MR) is 46.3 cm³/mol. The Morgan fingerprint density at radius 3 is 2.64 bits per heavy atom. The molecule has 0 N–H and O–H groups in total. The van der Waals surface area contributed by atoms with Crippen molar-refractivity contribution in [1.82, 2.24) is 4.90 Å². The molecular weight excluding hydrogens is 192 g/mol. The summed E-state index contributed by atoms with van der Waals surface area (Å²) in [4.78, 5) is 1.72. The molecule has 82 valence electrons. The maximum absolute atomic E-state index is 12.2. The van der Waals surface area contributed by atoms with E-state index >= 15 is 0 Å². The van der Waals surface area contributed by atoms with Crippen LogP contribution in [0.4, 0.5) is 8.78 Å². The van der Waals surface area contributed by atoms with E-state index in [0.29, 0.717) is 19.8 Å². The van der Waals surface area contributed by atoms with Crippen LogP contribution in [0.1, 0.15) is 12.8 Å². The van der Waals surface area contributed by atoms with E-state index < -0.39 is 12.2 Å². The van der Waals surface area contributed by atoms with Gasteiger partial charge in [0.05, 0.1) is 26.3 Å². The van der Waals surface area contributed by atoms with Crippen LogP contribution in [0.5, 0.6) is 0 Å². The van der Waals surface area contributed by atoms with Gasteiger partial charge < -0.3 is 9.47 Å². The van der Waals surface area contributed by atoms with Gasteiger partial charge in [0.25, 0.3) is 6.43 Å². The zero-order valence-electron chi connectivity index (χ0n) is 8.05.